The Bertz CT molecular complexity index is 7980. The third-order valence-electron chi connectivity index (χ3n) is 25.2. The molecule has 0 saturated carbocycles. The van der Waals surface area contributed by atoms with Crippen LogP contribution in [0.25, 0.3) is 246 Å². The SMILES string of the molecule is c1ccc(-c2cc(-c3ccccc3)cc(-c3cccc(-c4nc(-c5ccccc5)nc(-c5cccc(-c6cccc7c6c6cc(-c8ccccc8)ccc6n7-c6nc(-c7ccccc7)nc(-n7c8ccc(-c9ccccc9)cc8c8c(-c9cccc(-c%10nc(-c%11ccccc%11)nc(-c%11cccc(-c%12cc(-c%13ccccc%13)cc(-c%13ccccc%13)c%12)c%11)n%10)c9)cccc87)n6)c5)n4)c3)c2)cc1. The smallest absolute Gasteiger partial charge is 0.240 e. The Balaban J connectivity index is 0.651. The Kier molecular flexibility index (Phi) is 20.4. The number of nitrogens with zero attached hydrogens (tertiary/aromatic N) is 11. The van der Waals surface area contributed by atoms with E-state index in [4.69, 9.17) is 44.9 Å². The van der Waals surface area contributed by atoms with Crippen molar-refractivity contribution in [3.63, 3.8) is 0 Å². The Morgan fingerprint density at radius 1 is 0.119 bits per heavy atom. The lowest BCUT2D eigenvalue weighted by atomic mass is 9.93. The highest BCUT2D eigenvalue weighted by atomic mass is 15.3. The molecule has 11 heteroatoms. The maximum atomic E-state index is 5.82. The predicted octanol–water partition coefficient (Wildman–Crippen LogP) is 30.8. The minimum absolute atomic E-state index is 0.440. The molecule has 24 aromatic rings. The molecule has 24 rings (SSSR count). The Morgan fingerprint density at radius 3 is 0.612 bits per heavy atom. The van der Waals surface area contributed by atoms with Gasteiger partial charge in [0, 0.05) is 60.5 Å². The van der Waals surface area contributed by atoms with E-state index >= 15 is 0 Å². The topological polar surface area (TPSA) is 126 Å². The van der Waals surface area contributed by atoms with Crippen molar-refractivity contribution in [3.05, 3.63) is 479 Å². The first kappa shape index (κ1) is 79.2. The van der Waals surface area contributed by atoms with Gasteiger partial charge in [-0.05, 0) is 208 Å². The highest BCUT2D eigenvalue weighted by Crippen LogP contribution is 2.46. The standard InChI is InChI=1S/C123H79N11/c1-10-34-80(35-11-1)91-64-66-109-107(78-91)113-105(93-54-30-58-97(70-93)120-126-115(86-46-22-7-23-47-86)124-118(128-120)95-56-28-52-89(68-95)103-74-99(82-38-14-3-15-39-82)72-100(75-103)83-40-16-4-17-41-83)60-32-62-111(113)133(109)122-130-117(88-50-26-9-27-51-88)131-123(132-122)134-110-67-65-92(81-36-12-2-13-37-81)79-108(110)114-106(61-33-63-112(114)134)94-55-31-59-98(71-94)121-127-116(87-48-24-8-25-49-87)125-119(129-121)96-57-29-53-90(69-96)104-76-101(84-42-18-5-19-43-84)73-102(77-104)85-44-20-6-21-45-85/h1-79H. The molecule has 11 nitrogen and oxygen atoms in total. The van der Waals surface area contributed by atoms with Gasteiger partial charge in [-0.3, -0.25) is 9.13 Å². The molecule has 0 unspecified atom stereocenters. The van der Waals surface area contributed by atoms with Gasteiger partial charge in [0.15, 0.2) is 40.8 Å². The molecule has 0 N–H and O–H groups in total. The van der Waals surface area contributed by atoms with Gasteiger partial charge in [-0.2, -0.15) is 15.0 Å². The lowest BCUT2D eigenvalue weighted by Gasteiger charge is -2.13. The zero-order chi connectivity index (χ0) is 88.8. The molecule has 0 bridgehead atoms. The van der Waals surface area contributed by atoms with Crippen molar-refractivity contribution >= 4 is 43.6 Å². The first-order valence-electron chi connectivity index (χ1n) is 45.0. The van der Waals surface area contributed by atoms with Crippen LogP contribution in [0.3, 0.4) is 0 Å². The molecular formula is C123H79N11. The first-order chi connectivity index (χ1) is 66.4. The summed E-state index contributed by atoms with van der Waals surface area (Å²) in [4.78, 5) is 49.2. The second-order valence-corrected chi connectivity index (χ2v) is 33.6. The van der Waals surface area contributed by atoms with Gasteiger partial charge in [-0.1, -0.05) is 382 Å². The Morgan fingerprint density at radius 2 is 0.321 bits per heavy atom. The molecule has 0 aliphatic rings. The van der Waals surface area contributed by atoms with Gasteiger partial charge in [0.1, 0.15) is 0 Å². The number of hydrogen-bond donors (Lipinski definition) is 0. The molecule has 0 atom stereocenters. The highest BCUT2D eigenvalue weighted by molar-refractivity contribution is 6.18. The van der Waals surface area contributed by atoms with Gasteiger partial charge in [-0.25, -0.2) is 29.9 Å². The summed E-state index contributed by atoms with van der Waals surface area (Å²) < 4.78 is 4.45. The van der Waals surface area contributed by atoms with Crippen molar-refractivity contribution in [1.82, 2.24) is 54.0 Å². The van der Waals surface area contributed by atoms with Gasteiger partial charge in [0.25, 0.3) is 0 Å². The maximum absolute atomic E-state index is 5.82. The van der Waals surface area contributed by atoms with Gasteiger partial charge >= 0.3 is 0 Å². The number of rotatable bonds is 19. The third-order valence-corrected chi connectivity index (χ3v) is 25.2. The average Bonchev–Trinajstić information content (AvgIpc) is 1.58. The summed E-state index contributed by atoms with van der Waals surface area (Å²) in [6.45, 7) is 0. The van der Waals surface area contributed by atoms with E-state index in [1.807, 2.05) is 54.6 Å². The average molecular weight is 1710 g/mol. The van der Waals surface area contributed by atoms with Crippen molar-refractivity contribution < 1.29 is 0 Å². The number of benzene rings is 19. The van der Waals surface area contributed by atoms with Crippen LogP contribution in [0.4, 0.5) is 0 Å². The van der Waals surface area contributed by atoms with E-state index in [0.29, 0.717) is 52.7 Å². The summed E-state index contributed by atoms with van der Waals surface area (Å²) in [6, 6.07) is 169. The van der Waals surface area contributed by atoms with Crippen molar-refractivity contribution in [2.24, 2.45) is 0 Å². The fraction of sp³-hybridized carbons (Fsp3) is 0. The minimum Gasteiger partial charge on any atom is -0.278 e. The van der Waals surface area contributed by atoms with Gasteiger partial charge in [-0.15, -0.1) is 0 Å². The molecule has 0 saturated heterocycles. The zero-order valence-electron chi connectivity index (χ0n) is 72.5. The van der Waals surface area contributed by atoms with E-state index in [1.165, 1.54) is 0 Å². The van der Waals surface area contributed by atoms with E-state index in [-0.39, 0.29) is 0 Å². The van der Waals surface area contributed by atoms with Crippen molar-refractivity contribution in [2.75, 3.05) is 0 Å². The number of aromatic nitrogens is 11. The number of fused-ring (bicyclic) bond motifs is 6. The fourth-order valence-corrected chi connectivity index (χ4v) is 18.7. The Labute approximate surface area is 774 Å². The number of hydrogen-bond acceptors (Lipinski definition) is 9. The molecule has 0 aliphatic heterocycles. The lowest BCUT2D eigenvalue weighted by Crippen LogP contribution is -2.10. The van der Waals surface area contributed by atoms with Crippen molar-refractivity contribution in [3.8, 4) is 203 Å². The quantitative estimate of drug-likeness (QED) is 0.0778. The minimum atomic E-state index is 0.440. The molecule has 0 radical (unpaired) electrons. The molecule has 0 amide bonds. The van der Waals surface area contributed by atoms with Crippen LogP contribution in [0.2, 0.25) is 0 Å². The fourth-order valence-electron chi connectivity index (χ4n) is 18.7. The van der Waals surface area contributed by atoms with Crippen LogP contribution in [0.15, 0.2) is 479 Å². The Hall–Kier alpha value is -18.2. The summed E-state index contributed by atoms with van der Waals surface area (Å²) in [5.41, 5.74) is 31.2. The molecule has 0 aliphatic carbocycles. The van der Waals surface area contributed by atoms with Gasteiger partial charge in [0.2, 0.25) is 11.9 Å². The van der Waals surface area contributed by atoms with Gasteiger partial charge in [0.05, 0.1) is 22.1 Å². The van der Waals surface area contributed by atoms with Gasteiger partial charge < -0.3 is 0 Å². The molecule has 134 heavy (non-hydrogen) atoms. The van der Waals surface area contributed by atoms with E-state index in [9.17, 15) is 0 Å². The van der Waals surface area contributed by atoms with Crippen LogP contribution in [-0.4, -0.2) is 54.0 Å². The summed E-state index contributed by atoms with van der Waals surface area (Å²) in [5.74, 6) is 4.71. The van der Waals surface area contributed by atoms with E-state index in [1.54, 1.807) is 0 Å². The molecule has 626 valence electrons. The lowest BCUT2D eigenvalue weighted by molar-refractivity contribution is 0.893. The second kappa shape index (κ2) is 34.4. The van der Waals surface area contributed by atoms with Crippen LogP contribution in [0, 0.1) is 0 Å². The monoisotopic (exact) mass is 1710 g/mol. The van der Waals surface area contributed by atoms with Crippen LogP contribution in [-0.2, 0) is 0 Å². The summed E-state index contributed by atoms with van der Waals surface area (Å²) in [6.07, 6.45) is 0. The van der Waals surface area contributed by atoms with E-state index in [0.717, 1.165) is 194 Å². The van der Waals surface area contributed by atoms with Crippen LogP contribution < -0.4 is 0 Å². The summed E-state index contributed by atoms with van der Waals surface area (Å²) in [7, 11) is 0. The van der Waals surface area contributed by atoms with Crippen LogP contribution in [0.1, 0.15) is 0 Å². The van der Waals surface area contributed by atoms with E-state index in [2.05, 4.69) is 434 Å². The van der Waals surface area contributed by atoms with Crippen LogP contribution >= 0.6 is 0 Å². The van der Waals surface area contributed by atoms with E-state index < -0.39 is 0 Å². The molecule has 5 aromatic heterocycles. The molecule has 19 aromatic carbocycles. The largest absolute Gasteiger partial charge is 0.278 e. The molecule has 0 spiro atoms. The van der Waals surface area contributed by atoms with Crippen molar-refractivity contribution in [2.45, 2.75) is 0 Å². The molecule has 0 fully saturated rings. The maximum Gasteiger partial charge on any atom is 0.240 e. The molecular weight excluding hydrogens is 1630 g/mol. The zero-order valence-corrected chi connectivity index (χ0v) is 72.5. The first-order valence-corrected chi connectivity index (χ1v) is 45.0. The summed E-state index contributed by atoms with van der Waals surface area (Å²) >= 11 is 0. The van der Waals surface area contributed by atoms with Crippen LogP contribution in [0.5, 0.6) is 0 Å². The normalized spacial score (nSPS) is 11.4. The summed E-state index contributed by atoms with van der Waals surface area (Å²) in [5, 5.41) is 4.05. The third kappa shape index (κ3) is 15.3. The predicted molar refractivity (Wildman–Crippen MR) is 548 cm³/mol. The van der Waals surface area contributed by atoms with Crippen molar-refractivity contribution in [1.29, 1.82) is 0 Å². The highest BCUT2D eigenvalue weighted by Gasteiger charge is 2.27. The molecule has 5 heterocycles. The second-order valence-electron chi connectivity index (χ2n) is 33.6.